The molecule has 0 rings (SSSR count). The Balaban J connectivity index is 3.27. The number of hydrogen-bond acceptors (Lipinski definition) is 2. The Hall–Kier alpha value is -1.06. The van der Waals surface area contributed by atoms with Crippen molar-refractivity contribution in [2.75, 3.05) is 13.6 Å². The Kier molecular flexibility index (Phi) is 11.3. The lowest BCUT2D eigenvalue weighted by Crippen LogP contribution is -2.24. The standard InChI is InChI=1S/C15H30N2O2/c1-13(2)9-6-7-11-15(19)17-12-8-4-5-10-14(18)16-3/h13H,4-12H2,1-3H3,(H,16,18)(H,17,19). The first-order valence-electron chi connectivity index (χ1n) is 7.53. The number of amides is 2. The maximum Gasteiger partial charge on any atom is 0.219 e. The lowest BCUT2D eigenvalue weighted by Gasteiger charge is -2.06. The minimum absolute atomic E-state index is 0.0918. The Bertz CT molecular complexity index is 253. The average Bonchev–Trinajstić information content (AvgIpc) is 2.38. The molecule has 0 aliphatic rings. The normalized spacial score (nSPS) is 10.5. The maximum atomic E-state index is 11.5. The summed E-state index contributed by atoms with van der Waals surface area (Å²) in [5.41, 5.74) is 0. The quantitative estimate of drug-likeness (QED) is 0.567. The van der Waals surface area contributed by atoms with Crippen LogP contribution >= 0.6 is 0 Å². The molecule has 0 aliphatic heterocycles. The predicted molar refractivity (Wildman–Crippen MR) is 78.9 cm³/mol. The molecule has 4 heteroatoms. The molecule has 4 nitrogen and oxygen atoms in total. The first-order valence-corrected chi connectivity index (χ1v) is 7.53. The minimum atomic E-state index is 0.0918. The van der Waals surface area contributed by atoms with E-state index < -0.39 is 0 Å². The van der Waals surface area contributed by atoms with Gasteiger partial charge in [0, 0.05) is 26.4 Å². The molecule has 0 unspecified atom stereocenters. The predicted octanol–water partition coefficient (Wildman–Crippen LogP) is 2.63. The maximum absolute atomic E-state index is 11.5. The minimum Gasteiger partial charge on any atom is -0.359 e. The molecule has 0 saturated carbocycles. The van der Waals surface area contributed by atoms with Crippen LogP contribution in [0.5, 0.6) is 0 Å². The summed E-state index contributed by atoms with van der Waals surface area (Å²) in [6.07, 6.45) is 7.38. The Morgan fingerprint density at radius 2 is 1.53 bits per heavy atom. The van der Waals surface area contributed by atoms with Gasteiger partial charge in [-0.3, -0.25) is 9.59 Å². The van der Waals surface area contributed by atoms with Gasteiger partial charge in [-0.1, -0.05) is 33.1 Å². The van der Waals surface area contributed by atoms with E-state index in [9.17, 15) is 9.59 Å². The van der Waals surface area contributed by atoms with Gasteiger partial charge >= 0.3 is 0 Å². The average molecular weight is 270 g/mol. The van der Waals surface area contributed by atoms with E-state index in [-0.39, 0.29) is 11.8 Å². The van der Waals surface area contributed by atoms with Crippen LogP contribution in [-0.2, 0) is 9.59 Å². The zero-order valence-corrected chi connectivity index (χ0v) is 12.8. The van der Waals surface area contributed by atoms with Crippen molar-refractivity contribution in [3.63, 3.8) is 0 Å². The molecule has 0 radical (unpaired) electrons. The second kappa shape index (κ2) is 12.0. The third kappa shape index (κ3) is 13.2. The van der Waals surface area contributed by atoms with E-state index in [1.807, 2.05) is 0 Å². The van der Waals surface area contributed by atoms with Gasteiger partial charge in [-0.25, -0.2) is 0 Å². The molecule has 0 heterocycles. The van der Waals surface area contributed by atoms with Crippen molar-refractivity contribution in [2.24, 2.45) is 5.92 Å². The molecular formula is C15H30N2O2. The van der Waals surface area contributed by atoms with Crippen molar-refractivity contribution in [3.8, 4) is 0 Å². The monoisotopic (exact) mass is 270 g/mol. The van der Waals surface area contributed by atoms with E-state index in [1.54, 1.807) is 7.05 Å². The van der Waals surface area contributed by atoms with Crippen molar-refractivity contribution in [1.29, 1.82) is 0 Å². The van der Waals surface area contributed by atoms with Gasteiger partial charge in [0.25, 0.3) is 0 Å². The van der Waals surface area contributed by atoms with Crippen LogP contribution in [0.2, 0.25) is 0 Å². The van der Waals surface area contributed by atoms with Crippen LogP contribution in [0.4, 0.5) is 0 Å². The van der Waals surface area contributed by atoms with Crippen LogP contribution < -0.4 is 10.6 Å². The molecule has 112 valence electrons. The highest BCUT2D eigenvalue weighted by Crippen LogP contribution is 2.07. The molecule has 0 fully saturated rings. The zero-order chi connectivity index (χ0) is 14.5. The molecular weight excluding hydrogens is 240 g/mol. The van der Waals surface area contributed by atoms with Crippen molar-refractivity contribution < 1.29 is 9.59 Å². The van der Waals surface area contributed by atoms with Crippen molar-refractivity contribution in [1.82, 2.24) is 10.6 Å². The van der Waals surface area contributed by atoms with Crippen LogP contribution in [-0.4, -0.2) is 25.4 Å². The van der Waals surface area contributed by atoms with Crippen molar-refractivity contribution >= 4 is 11.8 Å². The molecule has 0 bridgehead atoms. The largest absolute Gasteiger partial charge is 0.359 e. The fourth-order valence-electron chi connectivity index (χ4n) is 1.87. The second-order valence-electron chi connectivity index (χ2n) is 5.47. The molecule has 0 atom stereocenters. The van der Waals surface area contributed by atoms with Crippen molar-refractivity contribution in [2.45, 2.75) is 65.2 Å². The van der Waals surface area contributed by atoms with E-state index in [2.05, 4.69) is 24.5 Å². The second-order valence-corrected chi connectivity index (χ2v) is 5.47. The summed E-state index contributed by atoms with van der Waals surface area (Å²) in [5, 5.41) is 5.54. The summed E-state index contributed by atoms with van der Waals surface area (Å²) in [6.45, 7) is 5.15. The summed E-state index contributed by atoms with van der Waals surface area (Å²) < 4.78 is 0. The van der Waals surface area contributed by atoms with Crippen LogP contribution in [0.15, 0.2) is 0 Å². The Morgan fingerprint density at radius 3 is 2.16 bits per heavy atom. The van der Waals surface area contributed by atoms with Gasteiger partial charge in [0.05, 0.1) is 0 Å². The Labute approximate surface area is 117 Å². The van der Waals surface area contributed by atoms with Gasteiger partial charge in [0.1, 0.15) is 0 Å². The molecule has 0 aromatic rings. The topological polar surface area (TPSA) is 58.2 Å². The lowest BCUT2D eigenvalue weighted by atomic mass is 10.1. The van der Waals surface area contributed by atoms with Crippen LogP contribution in [0.3, 0.4) is 0 Å². The van der Waals surface area contributed by atoms with E-state index in [0.717, 1.165) is 44.6 Å². The summed E-state index contributed by atoms with van der Waals surface area (Å²) in [6, 6.07) is 0. The number of hydrogen-bond donors (Lipinski definition) is 2. The van der Waals surface area contributed by atoms with Gasteiger partial charge in [-0.2, -0.15) is 0 Å². The third-order valence-corrected chi connectivity index (χ3v) is 3.12. The van der Waals surface area contributed by atoms with E-state index in [4.69, 9.17) is 0 Å². The molecule has 0 saturated heterocycles. The first-order chi connectivity index (χ1) is 9.06. The molecule has 19 heavy (non-hydrogen) atoms. The van der Waals surface area contributed by atoms with E-state index in [1.165, 1.54) is 6.42 Å². The molecule has 2 N–H and O–H groups in total. The van der Waals surface area contributed by atoms with Gasteiger partial charge < -0.3 is 10.6 Å². The number of carbonyl (C=O) groups is 2. The first kappa shape index (κ1) is 17.9. The van der Waals surface area contributed by atoms with E-state index in [0.29, 0.717) is 12.8 Å². The molecule has 0 aliphatic carbocycles. The molecule has 0 spiro atoms. The van der Waals surface area contributed by atoms with Crippen LogP contribution in [0, 0.1) is 5.92 Å². The van der Waals surface area contributed by atoms with Gasteiger partial charge in [0.15, 0.2) is 0 Å². The highest BCUT2D eigenvalue weighted by Gasteiger charge is 2.02. The number of rotatable bonds is 11. The van der Waals surface area contributed by atoms with Gasteiger partial charge in [-0.05, 0) is 25.2 Å². The summed E-state index contributed by atoms with van der Waals surface area (Å²) in [4.78, 5) is 22.5. The summed E-state index contributed by atoms with van der Waals surface area (Å²) in [5.74, 6) is 0.979. The highest BCUT2D eigenvalue weighted by molar-refractivity contribution is 5.76. The fourth-order valence-corrected chi connectivity index (χ4v) is 1.87. The Morgan fingerprint density at radius 1 is 0.895 bits per heavy atom. The smallest absolute Gasteiger partial charge is 0.219 e. The summed E-state index contributed by atoms with van der Waals surface area (Å²) >= 11 is 0. The number of unbranched alkanes of at least 4 members (excludes halogenated alkanes) is 3. The van der Waals surface area contributed by atoms with Crippen LogP contribution in [0.25, 0.3) is 0 Å². The van der Waals surface area contributed by atoms with Gasteiger partial charge in [-0.15, -0.1) is 0 Å². The SMILES string of the molecule is CNC(=O)CCCCCNC(=O)CCCCC(C)C. The summed E-state index contributed by atoms with van der Waals surface area (Å²) in [7, 11) is 1.65. The van der Waals surface area contributed by atoms with E-state index >= 15 is 0 Å². The number of nitrogens with one attached hydrogen (secondary N) is 2. The number of carbonyl (C=O) groups excluding carboxylic acids is 2. The van der Waals surface area contributed by atoms with Crippen LogP contribution in [0.1, 0.15) is 65.2 Å². The lowest BCUT2D eigenvalue weighted by molar-refractivity contribution is -0.122. The van der Waals surface area contributed by atoms with Crippen molar-refractivity contribution in [3.05, 3.63) is 0 Å². The molecule has 2 amide bonds. The molecule has 0 aromatic carbocycles. The zero-order valence-electron chi connectivity index (χ0n) is 12.8. The van der Waals surface area contributed by atoms with Gasteiger partial charge in [0.2, 0.25) is 11.8 Å². The molecule has 0 aromatic heterocycles. The highest BCUT2D eigenvalue weighted by atomic mass is 16.2. The third-order valence-electron chi connectivity index (χ3n) is 3.12. The fraction of sp³-hybridized carbons (Fsp3) is 0.867.